The zero-order valence-electron chi connectivity index (χ0n) is 12.0. The molecule has 0 unspecified atom stereocenters. The predicted molar refractivity (Wildman–Crippen MR) is 70.7 cm³/mol. The van der Waals surface area contributed by atoms with E-state index in [-0.39, 0.29) is 24.1 Å². The fourth-order valence-electron chi connectivity index (χ4n) is 2.24. The van der Waals surface area contributed by atoms with Gasteiger partial charge in [0.1, 0.15) is 0 Å². The Labute approximate surface area is 114 Å². The number of nitrogens with one attached hydrogen (secondary N) is 1. The van der Waals surface area contributed by atoms with Crippen molar-refractivity contribution < 1.29 is 19.1 Å². The number of methoxy groups -OCH3 is 1. The molecule has 0 aromatic carbocycles. The van der Waals surface area contributed by atoms with E-state index in [0.717, 1.165) is 13.1 Å². The summed E-state index contributed by atoms with van der Waals surface area (Å²) in [5, 5.41) is 2.81. The Balaban J connectivity index is 2.15. The summed E-state index contributed by atoms with van der Waals surface area (Å²) in [4.78, 5) is 24.7. The standard InChI is InChI=1S/C13H24N2O4/c1-10-7-15(8-11(2)19-10)9-12(16)14-6-4-5-13(17)18-3/h10-11H,4-9H2,1-3H3,(H,14,16)/t10-,11-/m1/s1. The molecule has 0 spiro atoms. The molecule has 1 heterocycles. The van der Waals surface area contributed by atoms with E-state index in [1.165, 1.54) is 7.11 Å². The van der Waals surface area contributed by atoms with E-state index < -0.39 is 0 Å². The SMILES string of the molecule is COC(=O)CCCNC(=O)CN1C[C@@H](C)O[C@H](C)C1. The van der Waals surface area contributed by atoms with Crippen molar-refractivity contribution in [3.8, 4) is 0 Å². The van der Waals surface area contributed by atoms with Crippen molar-refractivity contribution in [1.29, 1.82) is 0 Å². The van der Waals surface area contributed by atoms with Crippen molar-refractivity contribution in [2.75, 3.05) is 33.3 Å². The van der Waals surface area contributed by atoms with E-state index in [1.807, 2.05) is 13.8 Å². The minimum absolute atomic E-state index is 0.00818. The predicted octanol–water partition coefficient (Wildman–Crippen LogP) is 0.165. The quantitative estimate of drug-likeness (QED) is 0.551. The van der Waals surface area contributed by atoms with E-state index in [4.69, 9.17) is 4.74 Å². The molecule has 2 atom stereocenters. The van der Waals surface area contributed by atoms with Gasteiger partial charge in [-0.2, -0.15) is 0 Å². The third-order valence-electron chi connectivity index (χ3n) is 2.97. The lowest BCUT2D eigenvalue weighted by Gasteiger charge is -2.34. The maximum Gasteiger partial charge on any atom is 0.305 e. The van der Waals surface area contributed by atoms with Crippen LogP contribution in [0.25, 0.3) is 0 Å². The van der Waals surface area contributed by atoms with Crippen LogP contribution in [0.3, 0.4) is 0 Å². The minimum atomic E-state index is -0.245. The summed E-state index contributed by atoms with van der Waals surface area (Å²) in [6, 6.07) is 0. The third kappa shape index (κ3) is 6.54. The smallest absolute Gasteiger partial charge is 0.305 e. The molecule has 19 heavy (non-hydrogen) atoms. The zero-order valence-corrected chi connectivity index (χ0v) is 12.0. The maximum atomic E-state index is 11.7. The van der Waals surface area contributed by atoms with Crippen LogP contribution >= 0.6 is 0 Å². The molecule has 0 aromatic heterocycles. The van der Waals surface area contributed by atoms with Crippen LogP contribution in [0.1, 0.15) is 26.7 Å². The van der Waals surface area contributed by atoms with Crippen molar-refractivity contribution in [1.82, 2.24) is 10.2 Å². The number of esters is 1. The lowest BCUT2D eigenvalue weighted by molar-refractivity contribution is -0.140. The second kappa shape index (κ2) is 8.12. The largest absolute Gasteiger partial charge is 0.469 e. The van der Waals surface area contributed by atoms with Gasteiger partial charge in [-0.15, -0.1) is 0 Å². The monoisotopic (exact) mass is 272 g/mol. The van der Waals surface area contributed by atoms with E-state index in [1.54, 1.807) is 0 Å². The summed E-state index contributed by atoms with van der Waals surface area (Å²) in [7, 11) is 1.36. The molecule has 0 saturated carbocycles. The number of nitrogens with zero attached hydrogens (tertiary/aromatic N) is 1. The summed E-state index contributed by atoms with van der Waals surface area (Å²) < 4.78 is 10.1. The zero-order chi connectivity index (χ0) is 14.3. The summed E-state index contributed by atoms with van der Waals surface area (Å²) in [5.74, 6) is -0.253. The Kier molecular flexibility index (Phi) is 6.80. The van der Waals surface area contributed by atoms with Gasteiger partial charge in [-0.3, -0.25) is 14.5 Å². The molecule has 1 aliphatic rings. The molecule has 110 valence electrons. The number of carbonyl (C=O) groups is 2. The number of hydrogen-bond acceptors (Lipinski definition) is 5. The second-order valence-corrected chi connectivity index (χ2v) is 4.98. The third-order valence-corrected chi connectivity index (χ3v) is 2.97. The first kappa shape index (κ1) is 15.9. The van der Waals surface area contributed by atoms with Gasteiger partial charge in [-0.25, -0.2) is 0 Å². The van der Waals surface area contributed by atoms with Gasteiger partial charge >= 0.3 is 5.97 Å². The van der Waals surface area contributed by atoms with Crippen LogP contribution in [0, 0.1) is 0 Å². The second-order valence-electron chi connectivity index (χ2n) is 4.98. The molecule has 1 N–H and O–H groups in total. The van der Waals surface area contributed by atoms with Crippen LogP contribution in [0.2, 0.25) is 0 Å². The van der Waals surface area contributed by atoms with Crippen LogP contribution in [-0.4, -0.2) is 62.3 Å². The van der Waals surface area contributed by atoms with Crippen molar-refractivity contribution in [2.45, 2.75) is 38.9 Å². The molecule has 1 fully saturated rings. The summed E-state index contributed by atoms with van der Waals surface area (Å²) in [6.07, 6.45) is 1.27. The van der Waals surface area contributed by atoms with Crippen LogP contribution in [0.5, 0.6) is 0 Å². The van der Waals surface area contributed by atoms with Gasteiger partial charge < -0.3 is 14.8 Å². The average Bonchev–Trinajstić information content (AvgIpc) is 2.33. The first-order valence-electron chi connectivity index (χ1n) is 6.72. The lowest BCUT2D eigenvalue weighted by atomic mass is 10.2. The lowest BCUT2D eigenvalue weighted by Crippen LogP contribution is -2.49. The minimum Gasteiger partial charge on any atom is -0.469 e. The highest BCUT2D eigenvalue weighted by Gasteiger charge is 2.23. The van der Waals surface area contributed by atoms with Crippen molar-refractivity contribution >= 4 is 11.9 Å². The number of carbonyl (C=O) groups excluding carboxylic acids is 2. The number of morpholine rings is 1. The van der Waals surface area contributed by atoms with E-state index in [9.17, 15) is 9.59 Å². The van der Waals surface area contributed by atoms with Gasteiger partial charge in [-0.05, 0) is 20.3 Å². The number of rotatable bonds is 6. The van der Waals surface area contributed by atoms with E-state index >= 15 is 0 Å². The Bertz CT molecular complexity index is 299. The molecular weight excluding hydrogens is 248 g/mol. The normalized spacial score (nSPS) is 23.9. The van der Waals surface area contributed by atoms with Gasteiger partial charge in [0.05, 0.1) is 25.9 Å². The highest BCUT2D eigenvalue weighted by atomic mass is 16.5. The first-order chi connectivity index (χ1) is 9.01. The Morgan fingerprint density at radius 3 is 2.53 bits per heavy atom. The summed E-state index contributed by atoms with van der Waals surface area (Å²) in [6.45, 7) is 6.47. The van der Waals surface area contributed by atoms with Crippen LogP contribution in [0.15, 0.2) is 0 Å². The molecule has 6 nitrogen and oxygen atoms in total. The highest BCUT2D eigenvalue weighted by molar-refractivity contribution is 5.78. The van der Waals surface area contributed by atoms with Gasteiger partial charge in [0.25, 0.3) is 0 Å². The molecule has 1 saturated heterocycles. The molecule has 0 aliphatic carbocycles. The summed E-state index contributed by atoms with van der Waals surface area (Å²) >= 11 is 0. The first-order valence-corrected chi connectivity index (χ1v) is 6.72. The average molecular weight is 272 g/mol. The Morgan fingerprint density at radius 1 is 1.32 bits per heavy atom. The maximum absolute atomic E-state index is 11.7. The number of amides is 1. The van der Waals surface area contributed by atoms with E-state index in [0.29, 0.717) is 25.9 Å². The van der Waals surface area contributed by atoms with Crippen LogP contribution in [-0.2, 0) is 19.1 Å². The van der Waals surface area contributed by atoms with Crippen LogP contribution < -0.4 is 5.32 Å². The van der Waals surface area contributed by atoms with Gasteiger partial charge in [0.2, 0.25) is 5.91 Å². The van der Waals surface area contributed by atoms with Gasteiger partial charge in [0, 0.05) is 26.1 Å². The Morgan fingerprint density at radius 2 is 1.95 bits per heavy atom. The molecule has 1 rings (SSSR count). The van der Waals surface area contributed by atoms with Crippen molar-refractivity contribution in [2.24, 2.45) is 0 Å². The fraction of sp³-hybridized carbons (Fsp3) is 0.846. The molecule has 0 bridgehead atoms. The van der Waals surface area contributed by atoms with Crippen LogP contribution in [0.4, 0.5) is 0 Å². The topological polar surface area (TPSA) is 67.9 Å². The fourth-order valence-corrected chi connectivity index (χ4v) is 2.24. The van der Waals surface area contributed by atoms with Gasteiger partial charge in [-0.1, -0.05) is 0 Å². The molecular formula is C13H24N2O4. The van der Waals surface area contributed by atoms with Gasteiger partial charge in [0.15, 0.2) is 0 Å². The summed E-state index contributed by atoms with van der Waals surface area (Å²) in [5.41, 5.74) is 0. The molecule has 1 amide bonds. The molecule has 6 heteroatoms. The van der Waals surface area contributed by atoms with Crippen molar-refractivity contribution in [3.63, 3.8) is 0 Å². The highest BCUT2D eigenvalue weighted by Crippen LogP contribution is 2.09. The Hall–Kier alpha value is -1.14. The molecule has 0 aromatic rings. The number of hydrogen-bond donors (Lipinski definition) is 1. The van der Waals surface area contributed by atoms with E-state index in [2.05, 4.69) is 15.0 Å². The molecule has 1 aliphatic heterocycles. The number of ether oxygens (including phenoxy) is 2. The van der Waals surface area contributed by atoms with Crippen molar-refractivity contribution in [3.05, 3.63) is 0 Å². The molecule has 0 radical (unpaired) electrons.